The molecule has 3 rings (SSSR count). The Balaban J connectivity index is 1.86. The number of carbonyl (C=O) groups excluding carboxylic acids is 1. The van der Waals surface area contributed by atoms with Crippen molar-refractivity contribution in [2.45, 2.75) is 6.92 Å². The predicted octanol–water partition coefficient (Wildman–Crippen LogP) is 1.69. The van der Waals surface area contributed by atoms with Gasteiger partial charge in [-0.1, -0.05) is 0 Å². The van der Waals surface area contributed by atoms with Gasteiger partial charge < -0.3 is 15.5 Å². The van der Waals surface area contributed by atoms with Crippen molar-refractivity contribution in [3.05, 3.63) is 35.9 Å². The van der Waals surface area contributed by atoms with Gasteiger partial charge >= 0.3 is 0 Å². The first kappa shape index (κ1) is 11.3. The van der Waals surface area contributed by atoms with Gasteiger partial charge in [0.15, 0.2) is 11.5 Å². The summed E-state index contributed by atoms with van der Waals surface area (Å²) in [5, 5.41) is 8.97. The number of H-pyrrole nitrogens is 1. The minimum Gasteiger partial charge on any atom is -0.441 e. The number of rotatable bonds is 2. The average Bonchev–Trinajstić information content (AvgIpc) is 2.93. The summed E-state index contributed by atoms with van der Waals surface area (Å²) in [6, 6.07) is 6.70. The Morgan fingerprint density at radius 3 is 3.00 bits per heavy atom. The zero-order valence-electron chi connectivity index (χ0n) is 10.1. The van der Waals surface area contributed by atoms with Crippen LogP contribution in [-0.2, 0) is 0 Å². The van der Waals surface area contributed by atoms with Crippen LogP contribution in [0, 0.1) is 6.92 Å². The lowest BCUT2D eigenvalue weighted by Gasteiger charge is -2.02. The van der Waals surface area contributed by atoms with Crippen LogP contribution in [0.1, 0.15) is 16.4 Å². The molecule has 0 spiro atoms. The van der Waals surface area contributed by atoms with Crippen molar-refractivity contribution >= 4 is 28.5 Å². The van der Waals surface area contributed by atoms with Gasteiger partial charge in [0.2, 0.25) is 0 Å². The third-order valence-corrected chi connectivity index (χ3v) is 2.59. The maximum absolute atomic E-state index is 11.9. The number of anilines is 2. The van der Waals surface area contributed by atoms with Crippen LogP contribution in [0.25, 0.3) is 11.1 Å². The molecule has 19 heavy (non-hydrogen) atoms. The molecule has 0 atom stereocenters. The van der Waals surface area contributed by atoms with Crippen molar-refractivity contribution in [1.29, 1.82) is 0 Å². The average molecular weight is 257 g/mol. The molecule has 0 aliphatic heterocycles. The molecule has 7 nitrogen and oxygen atoms in total. The molecule has 0 fully saturated rings. The smallest absolute Gasteiger partial charge is 0.273 e. The van der Waals surface area contributed by atoms with Crippen LogP contribution in [0.4, 0.5) is 11.5 Å². The highest BCUT2D eigenvalue weighted by Crippen LogP contribution is 2.20. The number of benzene rings is 1. The number of carbonyl (C=O) groups is 1. The normalized spacial score (nSPS) is 10.8. The second-order valence-corrected chi connectivity index (χ2v) is 4.08. The predicted molar refractivity (Wildman–Crippen MR) is 69.7 cm³/mol. The highest BCUT2D eigenvalue weighted by Gasteiger charge is 2.10. The molecule has 2 heterocycles. The molecular formula is C12H11N5O2. The fraction of sp³-hybridized carbons (Fsp3) is 0.0833. The molecule has 3 aromatic rings. The van der Waals surface area contributed by atoms with Crippen molar-refractivity contribution in [1.82, 2.24) is 15.2 Å². The Kier molecular flexibility index (Phi) is 2.45. The summed E-state index contributed by atoms with van der Waals surface area (Å²) in [4.78, 5) is 16.1. The largest absolute Gasteiger partial charge is 0.441 e. The van der Waals surface area contributed by atoms with E-state index in [4.69, 9.17) is 10.2 Å². The standard InChI is InChI=1S/C12H11N5O2/c1-6-14-8-4-7(2-3-10(8)19-6)15-12(18)9-5-11(13)17-16-9/h2-5H,1H3,(H,15,18)(H3,13,16,17). The summed E-state index contributed by atoms with van der Waals surface area (Å²) < 4.78 is 5.36. The molecule has 96 valence electrons. The van der Waals surface area contributed by atoms with Crippen LogP contribution >= 0.6 is 0 Å². The van der Waals surface area contributed by atoms with E-state index >= 15 is 0 Å². The Morgan fingerprint density at radius 1 is 1.42 bits per heavy atom. The molecule has 0 aliphatic rings. The quantitative estimate of drug-likeness (QED) is 0.647. The number of aromatic amines is 1. The van der Waals surface area contributed by atoms with Gasteiger partial charge in [-0.05, 0) is 18.2 Å². The maximum atomic E-state index is 11.9. The number of oxazole rings is 1. The van der Waals surface area contributed by atoms with Gasteiger partial charge in [-0.2, -0.15) is 5.10 Å². The number of aryl methyl sites for hydroxylation is 1. The summed E-state index contributed by atoms with van der Waals surface area (Å²) >= 11 is 0. The highest BCUT2D eigenvalue weighted by molar-refractivity contribution is 6.03. The lowest BCUT2D eigenvalue weighted by molar-refractivity contribution is 0.102. The Morgan fingerprint density at radius 2 is 2.26 bits per heavy atom. The van der Waals surface area contributed by atoms with Gasteiger partial charge in [-0.25, -0.2) is 4.98 Å². The lowest BCUT2D eigenvalue weighted by atomic mass is 10.2. The lowest BCUT2D eigenvalue weighted by Crippen LogP contribution is -2.12. The first-order valence-corrected chi connectivity index (χ1v) is 5.61. The summed E-state index contributed by atoms with van der Waals surface area (Å²) in [5.41, 5.74) is 7.74. The van der Waals surface area contributed by atoms with Crippen molar-refractivity contribution in [2.24, 2.45) is 0 Å². The van der Waals surface area contributed by atoms with E-state index < -0.39 is 0 Å². The number of nitrogens with one attached hydrogen (secondary N) is 2. The number of aromatic nitrogens is 3. The van der Waals surface area contributed by atoms with E-state index in [-0.39, 0.29) is 11.7 Å². The fourth-order valence-corrected chi connectivity index (χ4v) is 1.77. The van der Waals surface area contributed by atoms with E-state index in [0.29, 0.717) is 28.4 Å². The SMILES string of the molecule is Cc1nc2cc(NC(=O)c3cc(N)n[nH]3)ccc2o1. The van der Waals surface area contributed by atoms with Gasteiger partial charge in [-0.3, -0.25) is 9.89 Å². The maximum Gasteiger partial charge on any atom is 0.273 e. The Labute approximate surface area is 107 Å². The zero-order valence-corrected chi connectivity index (χ0v) is 10.1. The minimum absolute atomic E-state index is 0.271. The van der Waals surface area contributed by atoms with E-state index in [1.807, 2.05) is 0 Å². The summed E-state index contributed by atoms with van der Waals surface area (Å²) in [6.07, 6.45) is 0. The fourth-order valence-electron chi connectivity index (χ4n) is 1.77. The molecule has 1 amide bonds. The zero-order chi connectivity index (χ0) is 13.4. The van der Waals surface area contributed by atoms with Crippen molar-refractivity contribution in [3.63, 3.8) is 0 Å². The molecule has 0 radical (unpaired) electrons. The number of fused-ring (bicyclic) bond motifs is 1. The third-order valence-electron chi connectivity index (χ3n) is 2.59. The van der Waals surface area contributed by atoms with Crippen LogP contribution in [0.3, 0.4) is 0 Å². The van der Waals surface area contributed by atoms with E-state index in [2.05, 4.69) is 20.5 Å². The summed E-state index contributed by atoms with van der Waals surface area (Å²) in [5.74, 6) is 0.538. The number of nitrogens with zero attached hydrogens (tertiary/aromatic N) is 2. The topological polar surface area (TPSA) is 110 Å². The first-order chi connectivity index (χ1) is 9.11. The summed E-state index contributed by atoms with van der Waals surface area (Å²) in [7, 11) is 0. The van der Waals surface area contributed by atoms with Crippen LogP contribution < -0.4 is 11.1 Å². The number of hydrogen-bond donors (Lipinski definition) is 3. The Hall–Kier alpha value is -2.83. The van der Waals surface area contributed by atoms with E-state index in [9.17, 15) is 4.79 Å². The van der Waals surface area contributed by atoms with Gasteiger partial charge in [-0.15, -0.1) is 0 Å². The van der Waals surface area contributed by atoms with E-state index in [1.165, 1.54) is 6.07 Å². The van der Waals surface area contributed by atoms with Crippen LogP contribution in [0.15, 0.2) is 28.7 Å². The molecule has 0 saturated heterocycles. The molecular weight excluding hydrogens is 246 g/mol. The molecule has 4 N–H and O–H groups in total. The molecule has 0 aliphatic carbocycles. The number of nitrogens with two attached hydrogens (primary N) is 1. The first-order valence-electron chi connectivity index (χ1n) is 5.61. The highest BCUT2D eigenvalue weighted by atomic mass is 16.3. The molecule has 2 aromatic heterocycles. The Bertz CT molecular complexity index is 758. The number of hydrogen-bond acceptors (Lipinski definition) is 5. The van der Waals surface area contributed by atoms with Crippen molar-refractivity contribution in [2.75, 3.05) is 11.1 Å². The van der Waals surface area contributed by atoms with Gasteiger partial charge in [0.1, 0.15) is 17.0 Å². The van der Waals surface area contributed by atoms with Gasteiger partial charge in [0, 0.05) is 18.7 Å². The third kappa shape index (κ3) is 2.13. The van der Waals surface area contributed by atoms with Crippen LogP contribution in [0.2, 0.25) is 0 Å². The number of nitrogen functional groups attached to an aromatic ring is 1. The monoisotopic (exact) mass is 257 g/mol. The van der Waals surface area contributed by atoms with E-state index in [0.717, 1.165) is 0 Å². The summed E-state index contributed by atoms with van der Waals surface area (Å²) in [6.45, 7) is 1.77. The van der Waals surface area contributed by atoms with Crippen molar-refractivity contribution in [3.8, 4) is 0 Å². The van der Waals surface area contributed by atoms with Crippen LogP contribution in [-0.4, -0.2) is 21.1 Å². The van der Waals surface area contributed by atoms with E-state index in [1.54, 1.807) is 25.1 Å². The van der Waals surface area contributed by atoms with Gasteiger partial charge in [0.05, 0.1) is 0 Å². The minimum atomic E-state index is -0.316. The molecule has 1 aromatic carbocycles. The second-order valence-electron chi connectivity index (χ2n) is 4.08. The molecule has 0 saturated carbocycles. The van der Waals surface area contributed by atoms with Crippen molar-refractivity contribution < 1.29 is 9.21 Å². The molecule has 0 bridgehead atoms. The number of amides is 1. The van der Waals surface area contributed by atoms with Crippen LogP contribution in [0.5, 0.6) is 0 Å². The van der Waals surface area contributed by atoms with Gasteiger partial charge in [0.25, 0.3) is 5.91 Å². The molecule has 0 unspecified atom stereocenters. The molecule has 7 heteroatoms. The second kappa shape index (κ2) is 4.13.